The fourth-order valence-corrected chi connectivity index (χ4v) is 3.87. The monoisotopic (exact) mass is 423 g/mol. The van der Waals surface area contributed by atoms with Crippen LogP contribution in [0.25, 0.3) is 0 Å². The second kappa shape index (κ2) is 8.22. The Hall–Kier alpha value is -3.68. The van der Waals surface area contributed by atoms with Crippen LogP contribution < -0.4 is 4.90 Å². The zero-order valence-electron chi connectivity index (χ0n) is 18.0. The molecule has 162 valence electrons. The van der Waals surface area contributed by atoms with Crippen LogP contribution in [0.3, 0.4) is 0 Å². The summed E-state index contributed by atoms with van der Waals surface area (Å²) in [6, 6.07) is 7.23. The number of anilines is 1. The minimum absolute atomic E-state index is 0.134. The first kappa shape index (κ1) is 22.0. The van der Waals surface area contributed by atoms with Gasteiger partial charge >= 0.3 is 12.0 Å². The van der Waals surface area contributed by atoms with Crippen molar-refractivity contribution in [1.82, 2.24) is 9.80 Å². The molecule has 1 fully saturated rings. The van der Waals surface area contributed by atoms with Crippen molar-refractivity contribution in [3.8, 4) is 0 Å². The minimum Gasteiger partial charge on any atom is -0.461 e. The van der Waals surface area contributed by atoms with Crippen LogP contribution >= 0.6 is 0 Å². The summed E-state index contributed by atoms with van der Waals surface area (Å²) in [5.74, 6) is -2.06. The molecule has 2 aliphatic rings. The van der Waals surface area contributed by atoms with Gasteiger partial charge in [-0.2, -0.15) is 0 Å². The summed E-state index contributed by atoms with van der Waals surface area (Å²) in [6.45, 7) is 7.07. The number of ether oxygens (including phenoxy) is 1. The van der Waals surface area contributed by atoms with Crippen LogP contribution in [0.1, 0.15) is 19.4 Å². The molecule has 2 aliphatic heterocycles. The van der Waals surface area contributed by atoms with Gasteiger partial charge in [-0.25, -0.2) is 9.59 Å². The Kier molecular flexibility index (Phi) is 5.83. The number of fused-ring (bicyclic) bond motifs is 1. The standard InChI is InChI=1S/C23H25N3O5/c1-6-19(27)31-14-13-26-21(29)15(20(28)25(5)22(26)30)11-12-18-23(2,3)16-9-7-8-10-17(16)24(18)4/h6-12H,1,13-14H2,2-5H3/b15-11+,18-12-. The van der Waals surface area contributed by atoms with Crippen LogP contribution in [0.2, 0.25) is 0 Å². The Balaban J connectivity index is 1.91. The number of likely N-dealkylation sites (N-methyl/N-ethyl adjacent to an activating group) is 2. The molecule has 3 rings (SSSR count). The van der Waals surface area contributed by atoms with E-state index in [1.807, 2.05) is 30.1 Å². The molecule has 0 atom stereocenters. The van der Waals surface area contributed by atoms with Gasteiger partial charge in [0.1, 0.15) is 12.2 Å². The maximum absolute atomic E-state index is 12.9. The van der Waals surface area contributed by atoms with E-state index in [0.29, 0.717) is 0 Å². The summed E-state index contributed by atoms with van der Waals surface area (Å²) >= 11 is 0. The van der Waals surface area contributed by atoms with Crippen LogP contribution in [0, 0.1) is 0 Å². The fourth-order valence-electron chi connectivity index (χ4n) is 3.87. The molecule has 1 aromatic rings. The SMILES string of the molecule is C=CC(=O)OCCN1C(=O)/C(=C/C=C2\N(C)c3ccccc3C2(C)C)C(=O)N(C)C1=O. The van der Waals surface area contributed by atoms with E-state index in [-0.39, 0.29) is 24.1 Å². The van der Waals surface area contributed by atoms with Crippen molar-refractivity contribution in [2.45, 2.75) is 19.3 Å². The normalized spacial score (nSPS) is 20.5. The van der Waals surface area contributed by atoms with E-state index < -0.39 is 23.8 Å². The van der Waals surface area contributed by atoms with Gasteiger partial charge in [0.2, 0.25) is 0 Å². The largest absolute Gasteiger partial charge is 0.461 e. The minimum atomic E-state index is -0.764. The molecule has 0 bridgehead atoms. The average molecular weight is 423 g/mol. The van der Waals surface area contributed by atoms with Gasteiger partial charge in [0, 0.05) is 37.0 Å². The summed E-state index contributed by atoms with van der Waals surface area (Å²) in [6.07, 6.45) is 4.19. The molecular formula is C23H25N3O5. The molecule has 4 amide bonds. The Morgan fingerprint density at radius 2 is 1.74 bits per heavy atom. The van der Waals surface area contributed by atoms with E-state index in [2.05, 4.69) is 26.5 Å². The third-order valence-electron chi connectivity index (χ3n) is 5.60. The van der Waals surface area contributed by atoms with E-state index in [1.54, 1.807) is 6.08 Å². The second-order valence-electron chi connectivity index (χ2n) is 7.81. The summed E-state index contributed by atoms with van der Waals surface area (Å²) in [4.78, 5) is 52.9. The van der Waals surface area contributed by atoms with Crippen LogP contribution in [-0.2, 0) is 24.5 Å². The van der Waals surface area contributed by atoms with E-state index >= 15 is 0 Å². The number of urea groups is 1. The molecule has 0 unspecified atom stereocenters. The van der Waals surface area contributed by atoms with E-state index in [4.69, 9.17) is 4.74 Å². The van der Waals surface area contributed by atoms with Gasteiger partial charge in [-0.1, -0.05) is 38.6 Å². The molecule has 0 aromatic heterocycles. The number of esters is 1. The number of hydrogen-bond acceptors (Lipinski definition) is 6. The third kappa shape index (κ3) is 3.76. The number of allylic oxidation sites excluding steroid dienone is 3. The average Bonchev–Trinajstić information content (AvgIpc) is 2.95. The molecule has 8 nitrogen and oxygen atoms in total. The number of rotatable bonds is 5. The Bertz CT molecular complexity index is 1040. The highest BCUT2D eigenvalue weighted by Crippen LogP contribution is 2.46. The third-order valence-corrected chi connectivity index (χ3v) is 5.60. The van der Waals surface area contributed by atoms with Crippen molar-refractivity contribution >= 4 is 29.5 Å². The predicted molar refractivity (Wildman–Crippen MR) is 115 cm³/mol. The maximum atomic E-state index is 12.9. The van der Waals surface area contributed by atoms with Gasteiger partial charge in [0.25, 0.3) is 11.8 Å². The molecule has 0 radical (unpaired) electrons. The molecule has 0 N–H and O–H groups in total. The van der Waals surface area contributed by atoms with Crippen LogP contribution in [-0.4, -0.2) is 60.9 Å². The first-order valence-electron chi connectivity index (χ1n) is 9.80. The number of barbiturate groups is 1. The van der Waals surface area contributed by atoms with E-state index in [1.165, 1.54) is 13.1 Å². The van der Waals surface area contributed by atoms with Crippen LogP contribution in [0.15, 0.2) is 60.3 Å². The lowest BCUT2D eigenvalue weighted by Gasteiger charge is -2.31. The number of hydrogen-bond donors (Lipinski definition) is 0. The first-order chi connectivity index (χ1) is 14.6. The molecule has 31 heavy (non-hydrogen) atoms. The van der Waals surface area contributed by atoms with Crippen molar-refractivity contribution in [3.05, 3.63) is 65.9 Å². The van der Waals surface area contributed by atoms with Crippen molar-refractivity contribution in [2.24, 2.45) is 0 Å². The Morgan fingerprint density at radius 1 is 1.06 bits per heavy atom. The van der Waals surface area contributed by atoms with Crippen LogP contribution in [0.4, 0.5) is 10.5 Å². The summed E-state index contributed by atoms with van der Waals surface area (Å²) in [7, 11) is 3.24. The fraction of sp³-hybridized carbons (Fsp3) is 0.304. The molecule has 1 aromatic carbocycles. The van der Waals surface area contributed by atoms with Gasteiger partial charge in [-0.3, -0.25) is 19.4 Å². The number of nitrogens with zero attached hydrogens (tertiary/aromatic N) is 3. The van der Waals surface area contributed by atoms with Gasteiger partial charge in [0.15, 0.2) is 0 Å². The Morgan fingerprint density at radius 3 is 2.39 bits per heavy atom. The summed E-state index contributed by atoms with van der Waals surface area (Å²) in [5.41, 5.74) is 2.64. The lowest BCUT2D eigenvalue weighted by Crippen LogP contribution is -2.55. The van der Waals surface area contributed by atoms with Gasteiger partial charge < -0.3 is 9.64 Å². The molecule has 8 heteroatoms. The molecular weight excluding hydrogens is 398 g/mol. The number of imide groups is 2. The number of amides is 4. The number of carbonyl (C=O) groups is 4. The number of benzene rings is 1. The second-order valence-corrected chi connectivity index (χ2v) is 7.81. The highest BCUT2D eigenvalue weighted by atomic mass is 16.5. The van der Waals surface area contributed by atoms with Crippen molar-refractivity contribution < 1.29 is 23.9 Å². The predicted octanol–water partition coefficient (Wildman–Crippen LogP) is 2.37. The van der Waals surface area contributed by atoms with Gasteiger partial charge in [0.05, 0.1) is 6.54 Å². The van der Waals surface area contributed by atoms with Crippen molar-refractivity contribution in [2.75, 3.05) is 32.1 Å². The quantitative estimate of drug-likeness (QED) is 0.411. The molecule has 0 aliphatic carbocycles. The zero-order valence-corrected chi connectivity index (χ0v) is 18.0. The summed E-state index contributed by atoms with van der Waals surface area (Å²) < 4.78 is 4.86. The number of carbonyl (C=O) groups excluding carboxylic acids is 4. The maximum Gasteiger partial charge on any atom is 0.333 e. The van der Waals surface area contributed by atoms with E-state index in [9.17, 15) is 19.2 Å². The first-order valence-corrected chi connectivity index (χ1v) is 9.80. The van der Waals surface area contributed by atoms with Crippen molar-refractivity contribution in [1.29, 1.82) is 0 Å². The van der Waals surface area contributed by atoms with Gasteiger partial charge in [-0.15, -0.1) is 0 Å². The number of para-hydroxylation sites is 1. The summed E-state index contributed by atoms with van der Waals surface area (Å²) in [5, 5.41) is 0. The molecule has 0 saturated carbocycles. The Labute approximate surface area is 181 Å². The van der Waals surface area contributed by atoms with E-state index in [0.717, 1.165) is 32.8 Å². The highest BCUT2D eigenvalue weighted by Gasteiger charge is 2.41. The smallest absolute Gasteiger partial charge is 0.333 e. The lowest BCUT2D eigenvalue weighted by molar-refractivity contribution is -0.141. The van der Waals surface area contributed by atoms with Crippen LogP contribution in [0.5, 0.6) is 0 Å². The molecule has 1 saturated heterocycles. The highest BCUT2D eigenvalue weighted by molar-refractivity contribution is 6.28. The van der Waals surface area contributed by atoms with Gasteiger partial charge in [-0.05, 0) is 23.8 Å². The zero-order chi connectivity index (χ0) is 22.9. The lowest BCUT2D eigenvalue weighted by atomic mass is 9.83. The topological polar surface area (TPSA) is 87.2 Å². The molecule has 2 heterocycles. The van der Waals surface area contributed by atoms with Crippen molar-refractivity contribution in [3.63, 3.8) is 0 Å². The molecule has 0 spiro atoms.